The van der Waals surface area contributed by atoms with Crippen molar-refractivity contribution >= 4 is 27.5 Å². The number of amides is 2. The Morgan fingerprint density at radius 1 is 1.13 bits per heavy atom. The first kappa shape index (κ1) is 24.3. The summed E-state index contributed by atoms with van der Waals surface area (Å²) in [5, 5.41) is 2.67. The minimum absolute atomic E-state index is 0.0306. The second-order valence-electron chi connectivity index (χ2n) is 7.33. The maximum atomic E-state index is 13.3. The van der Waals surface area contributed by atoms with Crippen LogP contribution in [0.25, 0.3) is 0 Å². The molecule has 0 unspecified atom stereocenters. The van der Waals surface area contributed by atoms with Crippen molar-refractivity contribution in [1.82, 2.24) is 10.2 Å². The molecular weight excluding hydrogens is 421 g/mol. The summed E-state index contributed by atoms with van der Waals surface area (Å²) in [4.78, 5) is 27.0. The molecule has 7 nitrogen and oxygen atoms in total. The lowest BCUT2D eigenvalue weighted by Crippen LogP contribution is -2.51. The zero-order valence-electron chi connectivity index (χ0n) is 18.1. The van der Waals surface area contributed by atoms with Crippen LogP contribution in [0.2, 0.25) is 0 Å². The highest BCUT2D eigenvalue weighted by Crippen LogP contribution is 2.20. The highest BCUT2D eigenvalue weighted by Gasteiger charge is 2.29. The van der Waals surface area contributed by atoms with Crippen molar-refractivity contribution in [2.75, 3.05) is 23.7 Å². The smallest absolute Gasteiger partial charge is 0.244 e. The SMILES string of the molecule is CCNC(=O)[C@H](C)N(Cc1ccc(F)cc1)C(=O)CN(c1cccc(C)c1)S(C)(=O)=O. The molecule has 0 aliphatic heterocycles. The zero-order valence-corrected chi connectivity index (χ0v) is 18.9. The van der Waals surface area contributed by atoms with Gasteiger partial charge in [0.25, 0.3) is 0 Å². The van der Waals surface area contributed by atoms with Gasteiger partial charge in [0.2, 0.25) is 21.8 Å². The van der Waals surface area contributed by atoms with Gasteiger partial charge in [-0.2, -0.15) is 0 Å². The molecule has 9 heteroatoms. The fourth-order valence-corrected chi connectivity index (χ4v) is 3.93. The van der Waals surface area contributed by atoms with Gasteiger partial charge in [-0.3, -0.25) is 13.9 Å². The summed E-state index contributed by atoms with van der Waals surface area (Å²) in [5.74, 6) is -1.32. The van der Waals surface area contributed by atoms with Gasteiger partial charge < -0.3 is 10.2 Å². The Bertz CT molecular complexity index is 1030. The lowest BCUT2D eigenvalue weighted by atomic mass is 10.1. The number of benzene rings is 2. The Morgan fingerprint density at radius 2 is 1.77 bits per heavy atom. The van der Waals surface area contributed by atoms with Crippen molar-refractivity contribution < 1.29 is 22.4 Å². The number of carbonyl (C=O) groups is 2. The van der Waals surface area contributed by atoms with Gasteiger partial charge in [-0.25, -0.2) is 12.8 Å². The molecule has 2 rings (SSSR count). The number of anilines is 1. The first-order valence-electron chi connectivity index (χ1n) is 9.89. The number of hydrogen-bond acceptors (Lipinski definition) is 4. The van der Waals surface area contributed by atoms with E-state index in [1.807, 2.05) is 13.0 Å². The molecule has 31 heavy (non-hydrogen) atoms. The molecule has 2 aromatic rings. The van der Waals surface area contributed by atoms with E-state index in [1.165, 1.54) is 29.2 Å². The topological polar surface area (TPSA) is 86.8 Å². The van der Waals surface area contributed by atoms with Crippen LogP contribution >= 0.6 is 0 Å². The van der Waals surface area contributed by atoms with Crippen LogP contribution in [-0.2, 0) is 26.2 Å². The molecule has 0 radical (unpaired) electrons. The summed E-state index contributed by atoms with van der Waals surface area (Å²) in [6.07, 6.45) is 1.03. The van der Waals surface area contributed by atoms with E-state index < -0.39 is 34.3 Å². The normalized spacial score (nSPS) is 12.2. The lowest BCUT2D eigenvalue weighted by molar-refractivity contribution is -0.139. The third kappa shape index (κ3) is 6.78. The molecule has 0 heterocycles. The van der Waals surface area contributed by atoms with Gasteiger partial charge in [0.1, 0.15) is 18.4 Å². The summed E-state index contributed by atoms with van der Waals surface area (Å²) < 4.78 is 39.2. The van der Waals surface area contributed by atoms with Crippen LogP contribution in [0.3, 0.4) is 0 Å². The van der Waals surface area contributed by atoms with Gasteiger partial charge in [-0.1, -0.05) is 24.3 Å². The fraction of sp³-hybridized carbons (Fsp3) is 0.364. The monoisotopic (exact) mass is 449 g/mol. The molecule has 1 N–H and O–H groups in total. The summed E-state index contributed by atoms with van der Waals surface area (Å²) >= 11 is 0. The Hall–Kier alpha value is -2.94. The number of carbonyl (C=O) groups excluding carboxylic acids is 2. The van der Waals surface area contributed by atoms with Crippen molar-refractivity contribution in [3.8, 4) is 0 Å². The van der Waals surface area contributed by atoms with Gasteiger partial charge in [-0.15, -0.1) is 0 Å². The molecule has 0 bridgehead atoms. The van der Waals surface area contributed by atoms with E-state index >= 15 is 0 Å². The van der Waals surface area contributed by atoms with E-state index in [2.05, 4.69) is 5.32 Å². The highest BCUT2D eigenvalue weighted by atomic mass is 32.2. The zero-order chi connectivity index (χ0) is 23.2. The first-order chi connectivity index (χ1) is 14.5. The van der Waals surface area contributed by atoms with Crippen molar-refractivity contribution in [1.29, 1.82) is 0 Å². The number of rotatable bonds is 9. The van der Waals surface area contributed by atoms with Gasteiger partial charge in [0, 0.05) is 13.1 Å². The van der Waals surface area contributed by atoms with Crippen LogP contribution in [0.5, 0.6) is 0 Å². The van der Waals surface area contributed by atoms with E-state index in [0.717, 1.165) is 16.1 Å². The van der Waals surface area contributed by atoms with Crippen molar-refractivity contribution in [3.63, 3.8) is 0 Å². The minimum atomic E-state index is -3.76. The molecule has 0 saturated carbocycles. The predicted octanol–water partition coefficient (Wildman–Crippen LogP) is 2.45. The molecule has 0 aliphatic rings. The maximum absolute atomic E-state index is 13.3. The number of aryl methyl sites for hydroxylation is 1. The maximum Gasteiger partial charge on any atom is 0.244 e. The molecular formula is C22H28FN3O4S. The van der Waals surface area contributed by atoms with Crippen LogP contribution in [-0.4, -0.2) is 50.5 Å². The second-order valence-corrected chi connectivity index (χ2v) is 9.23. The number of nitrogens with zero attached hydrogens (tertiary/aromatic N) is 2. The molecule has 0 saturated heterocycles. The Labute approximate surface area is 182 Å². The highest BCUT2D eigenvalue weighted by molar-refractivity contribution is 7.92. The third-order valence-electron chi connectivity index (χ3n) is 4.75. The van der Waals surface area contributed by atoms with Crippen LogP contribution in [0, 0.1) is 12.7 Å². The summed E-state index contributed by atoms with van der Waals surface area (Å²) in [6.45, 7) is 5.12. The molecule has 2 amide bonds. The van der Waals surface area contributed by atoms with Gasteiger partial charge in [-0.05, 0) is 56.2 Å². The van der Waals surface area contributed by atoms with Crippen LogP contribution in [0.1, 0.15) is 25.0 Å². The van der Waals surface area contributed by atoms with Crippen LogP contribution < -0.4 is 9.62 Å². The van der Waals surface area contributed by atoms with E-state index in [-0.39, 0.29) is 12.5 Å². The van der Waals surface area contributed by atoms with Gasteiger partial charge in [0.15, 0.2) is 0 Å². The number of likely N-dealkylation sites (N-methyl/N-ethyl adjacent to an activating group) is 1. The van der Waals surface area contributed by atoms with E-state index in [9.17, 15) is 22.4 Å². The molecule has 0 aliphatic carbocycles. The average molecular weight is 450 g/mol. The Kier molecular flexibility index (Phi) is 8.15. The lowest BCUT2D eigenvalue weighted by Gasteiger charge is -2.31. The molecule has 168 valence electrons. The first-order valence-corrected chi connectivity index (χ1v) is 11.7. The van der Waals surface area contributed by atoms with E-state index in [0.29, 0.717) is 17.8 Å². The van der Waals surface area contributed by atoms with E-state index in [4.69, 9.17) is 0 Å². The van der Waals surface area contributed by atoms with Gasteiger partial charge >= 0.3 is 0 Å². The molecule has 0 fully saturated rings. The van der Waals surface area contributed by atoms with Crippen molar-refractivity contribution in [3.05, 3.63) is 65.5 Å². The van der Waals surface area contributed by atoms with Crippen LogP contribution in [0.4, 0.5) is 10.1 Å². The van der Waals surface area contributed by atoms with Crippen molar-refractivity contribution in [2.24, 2.45) is 0 Å². The van der Waals surface area contributed by atoms with Gasteiger partial charge in [0.05, 0.1) is 11.9 Å². The fourth-order valence-electron chi connectivity index (χ4n) is 3.09. The third-order valence-corrected chi connectivity index (χ3v) is 5.89. The molecule has 2 aromatic carbocycles. The number of halogens is 1. The predicted molar refractivity (Wildman–Crippen MR) is 118 cm³/mol. The van der Waals surface area contributed by atoms with E-state index in [1.54, 1.807) is 32.0 Å². The molecule has 0 spiro atoms. The quantitative estimate of drug-likeness (QED) is 0.637. The molecule has 1 atom stereocenters. The minimum Gasteiger partial charge on any atom is -0.355 e. The Morgan fingerprint density at radius 3 is 2.32 bits per heavy atom. The summed E-state index contributed by atoms with van der Waals surface area (Å²) in [5.41, 5.74) is 1.83. The second kappa shape index (κ2) is 10.4. The average Bonchev–Trinajstić information content (AvgIpc) is 2.70. The molecule has 0 aromatic heterocycles. The number of nitrogens with one attached hydrogen (secondary N) is 1. The largest absolute Gasteiger partial charge is 0.355 e. The number of sulfonamides is 1. The number of hydrogen-bond donors (Lipinski definition) is 1. The Balaban J connectivity index is 2.37. The summed E-state index contributed by atoms with van der Waals surface area (Å²) in [7, 11) is -3.76. The standard InChI is InChI=1S/C22H28FN3O4S/c1-5-24-22(28)17(3)25(14-18-9-11-19(23)12-10-18)21(27)15-26(31(4,29)30)20-8-6-7-16(2)13-20/h6-13,17H,5,14-15H2,1-4H3,(H,24,28)/t17-/m0/s1. The summed E-state index contributed by atoms with van der Waals surface area (Å²) in [6, 6.07) is 11.5. The van der Waals surface area contributed by atoms with Crippen molar-refractivity contribution in [2.45, 2.75) is 33.4 Å². The van der Waals surface area contributed by atoms with Crippen LogP contribution in [0.15, 0.2) is 48.5 Å².